The summed E-state index contributed by atoms with van der Waals surface area (Å²) in [6.07, 6.45) is 1.89. The third kappa shape index (κ3) is 1.48. The minimum Gasteiger partial charge on any atom is -0.437 e. The summed E-state index contributed by atoms with van der Waals surface area (Å²) in [4.78, 5) is 4.28. The lowest BCUT2D eigenvalue weighted by Gasteiger charge is -1.89. The highest BCUT2D eigenvalue weighted by atomic mass is 16.3. The fourth-order valence-corrected chi connectivity index (χ4v) is 1.30. The van der Waals surface area contributed by atoms with Crippen LogP contribution in [0.15, 0.2) is 28.2 Å². The van der Waals surface area contributed by atoms with E-state index in [-0.39, 0.29) is 0 Å². The van der Waals surface area contributed by atoms with Crippen molar-refractivity contribution in [2.24, 2.45) is 0 Å². The van der Waals surface area contributed by atoms with Crippen LogP contribution in [-0.2, 0) is 0 Å². The zero-order valence-corrected chi connectivity index (χ0v) is 8.24. The van der Waals surface area contributed by atoms with Gasteiger partial charge in [-0.05, 0) is 32.1 Å². The van der Waals surface area contributed by atoms with Crippen LogP contribution in [0.4, 0.5) is 5.69 Å². The van der Waals surface area contributed by atoms with Gasteiger partial charge in [-0.3, -0.25) is 0 Å². The van der Waals surface area contributed by atoms with E-state index in [9.17, 15) is 0 Å². The second-order valence-corrected chi connectivity index (χ2v) is 3.47. The highest BCUT2D eigenvalue weighted by Crippen LogP contribution is 2.22. The number of hydrogen-bond acceptors (Lipinski definition) is 3. The maximum atomic E-state index is 5.76. The number of aromatic nitrogens is 1. The Labute approximate surface area is 82.2 Å². The SMILES string of the molecule is CC(C)=Cc1nc2c(N)cccc2o1. The molecular formula is C11H12N2O. The van der Waals surface area contributed by atoms with E-state index in [4.69, 9.17) is 10.2 Å². The first-order valence-electron chi connectivity index (χ1n) is 4.47. The number of allylic oxidation sites excluding steroid dienone is 1. The monoisotopic (exact) mass is 188 g/mol. The van der Waals surface area contributed by atoms with Crippen molar-refractivity contribution in [3.63, 3.8) is 0 Å². The average molecular weight is 188 g/mol. The van der Waals surface area contributed by atoms with Gasteiger partial charge in [-0.15, -0.1) is 0 Å². The molecule has 0 saturated heterocycles. The number of para-hydroxylation sites is 1. The molecule has 72 valence electrons. The molecule has 1 aromatic carbocycles. The van der Waals surface area contributed by atoms with E-state index < -0.39 is 0 Å². The molecule has 0 spiro atoms. The molecule has 0 amide bonds. The quantitative estimate of drug-likeness (QED) is 0.700. The normalized spacial score (nSPS) is 10.4. The molecule has 14 heavy (non-hydrogen) atoms. The van der Waals surface area contributed by atoms with Gasteiger partial charge in [-0.25, -0.2) is 4.98 Å². The third-order valence-corrected chi connectivity index (χ3v) is 1.88. The summed E-state index contributed by atoms with van der Waals surface area (Å²) in [6.45, 7) is 4.00. The van der Waals surface area contributed by atoms with Crippen molar-refractivity contribution in [3.05, 3.63) is 29.7 Å². The summed E-state index contributed by atoms with van der Waals surface area (Å²) in [5.74, 6) is 0.609. The molecule has 0 radical (unpaired) electrons. The lowest BCUT2D eigenvalue weighted by molar-refractivity contribution is 0.589. The molecular weight excluding hydrogens is 176 g/mol. The summed E-state index contributed by atoms with van der Waals surface area (Å²) >= 11 is 0. The number of hydrogen-bond donors (Lipinski definition) is 1. The molecule has 3 nitrogen and oxygen atoms in total. The van der Waals surface area contributed by atoms with Crippen LogP contribution in [-0.4, -0.2) is 4.98 Å². The molecule has 0 atom stereocenters. The van der Waals surface area contributed by atoms with E-state index in [1.54, 1.807) is 0 Å². The number of nitrogen functional groups attached to an aromatic ring is 1. The van der Waals surface area contributed by atoms with Gasteiger partial charge in [0.15, 0.2) is 5.58 Å². The Balaban J connectivity index is 2.63. The van der Waals surface area contributed by atoms with Gasteiger partial charge in [0.25, 0.3) is 0 Å². The van der Waals surface area contributed by atoms with Crippen molar-refractivity contribution in [1.82, 2.24) is 4.98 Å². The van der Waals surface area contributed by atoms with Gasteiger partial charge in [0.2, 0.25) is 5.89 Å². The largest absolute Gasteiger partial charge is 0.437 e. The number of benzene rings is 1. The summed E-state index contributed by atoms with van der Waals surface area (Å²) in [7, 11) is 0. The standard InChI is InChI=1S/C11H12N2O/c1-7(2)6-10-13-11-8(12)4-3-5-9(11)14-10/h3-6H,12H2,1-2H3. The van der Waals surface area contributed by atoms with Gasteiger partial charge in [0, 0.05) is 0 Å². The van der Waals surface area contributed by atoms with Crippen LogP contribution in [0.5, 0.6) is 0 Å². The van der Waals surface area contributed by atoms with Crippen molar-refractivity contribution in [2.75, 3.05) is 5.73 Å². The summed E-state index contributed by atoms with van der Waals surface area (Å²) in [5.41, 5.74) is 9.03. The lowest BCUT2D eigenvalue weighted by Crippen LogP contribution is -1.84. The van der Waals surface area contributed by atoms with Crippen LogP contribution in [0.3, 0.4) is 0 Å². The fraction of sp³-hybridized carbons (Fsp3) is 0.182. The van der Waals surface area contributed by atoms with Gasteiger partial charge < -0.3 is 10.2 Å². The van der Waals surface area contributed by atoms with Gasteiger partial charge in [0.05, 0.1) is 5.69 Å². The number of rotatable bonds is 1. The highest BCUT2D eigenvalue weighted by Gasteiger charge is 2.05. The molecule has 0 bridgehead atoms. The van der Waals surface area contributed by atoms with Crippen molar-refractivity contribution < 1.29 is 4.42 Å². The second-order valence-electron chi connectivity index (χ2n) is 3.47. The predicted octanol–water partition coefficient (Wildman–Crippen LogP) is 2.83. The summed E-state index contributed by atoms with van der Waals surface area (Å²) < 4.78 is 5.49. The van der Waals surface area contributed by atoms with Gasteiger partial charge in [-0.1, -0.05) is 11.6 Å². The maximum Gasteiger partial charge on any atom is 0.220 e. The highest BCUT2D eigenvalue weighted by molar-refractivity contribution is 5.85. The van der Waals surface area contributed by atoms with Crippen LogP contribution in [0.2, 0.25) is 0 Å². The fourth-order valence-electron chi connectivity index (χ4n) is 1.30. The Morgan fingerprint density at radius 3 is 2.86 bits per heavy atom. The Morgan fingerprint density at radius 1 is 1.43 bits per heavy atom. The Morgan fingerprint density at radius 2 is 2.21 bits per heavy atom. The summed E-state index contributed by atoms with van der Waals surface area (Å²) in [6, 6.07) is 5.54. The predicted molar refractivity (Wildman–Crippen MR) is 57.7 cm³/mol. The van der Waals surface area contributed by atoms with Gasteiger partial charge in [-0.2, -0.15) is 0 Å². The molecule has 0 aliphatic heterocycles. The molecule has 0 aliphatic rings. The van der Waals surface area contributed by atoms with Crippen LogP contribution in [0, 0.1) is 0 Å². The van der Waals surface area contributed by atoms with Crippen LogP contribution in [0.25, 0.3) is 17.2 Å². The zero-order valence-electron chi connectivity index (χ0n) is 8.24. The lowest BCUT2D eigenvalue weighted by atomic mass is 10.3. The first kappa shape index (κ1) is 8.81. The van der Waals surface area contributed by atoms with Crippen molar-refractivity contribution in [2.45, 2.75) is 13.8 Å². The van der Waals surface area contributed by atoms with Crippen LogP contribution < -0.4 is 5.73 Å². The second kappa shape index (κ2) is 3.18. The zero-order chi connectivity index (χ0) is 10.1. The molecule has 0 unspecified atom stereocenters. The summed E-state index contributed by atoms with van der Waals surface area (Å²) in [5, 5.41) is 0. The number of oxazole rings is 1. The van der Waals surface area contributed by atoms with E-state index in [1.165, 1.54) is 0 Å². The number of nitrogens with zero attached hydrogens (tertiary/aromatic N) is 1. The van der Waals surface area contributed by atoms with E-state index >= 15 is 0 Å². The molecule has 3 heteroatoms. The van der Waals surface area contributed by atoms with Crippen LogP contribution >= 0.6 is 0 Å². The number of fused-ring (bicyclic) bond motifs is 1. The smallest absolute Gasteiger partial charge is 0.220 e. The van der Waals surface area contributed by atoms with Crippen molar-refractivity contribution in [1.29, 1.82) is 0 Å². The van der Waals surface area contributed by atoms with Gasteiger partial charge in [0.1, 0.15) is 5.52 Å². The average Bonchev–Trinajstić information content (AvgIpc) is 2.47. The van der Waals surface area contributed by atoms with E-state index in [0.717, 1.165) is 16.7 Å². The number of anilines is 1. The van der Waals surface area contributed by atoms with E-state index in [0.29, 0.717) is 11.6 Å². The van der Waals surface area contributed by atoms with Gasteiger partial charge >= 0.3 is 0 Å². The van der Waals surface area contributed by atoms with Crippen molar-refractivity contribution >= 4 is 22.9 Å². The molecule has 1 aromatic heterocycles. The number of nitrogens with two attached hydrogens (primary N) is 1. The Hall–Kier alpha value is -1.77. The maximum absolute atomic E-state index is 5.76. The molecule has 2 rings (SSSR count). The first-order chi connectivity index (χ1) is 6.66. The first-order valence-corrected chi connectivity index (χ1v) is 4.47. The minimum atomic E-state index is 0.609. The van der Waals surface area contributed by atoms with Crippen molar-refractivity contribution in [3.8, 4) is 0 Å². The molecule has 2 N–H and O–H groups in total. The third-order valence-electron chi connectivity index (χ3n) is 1.88. The van der Waals surface area contributed by atoms with E-state index in [1.807, 2.05) is 38.1 Å². The minimum absolute atomic E-state index is 0.609. The molecule has 2 aromatic rings. The molecule has 1 heterocycles. The van der Waals surface area contributed by atoms with Crippen LogP contribution in [0.1, 0.15) is 19.7 Å². The Kier molecular flexibility index (Phi) is 2.00. The molecule has 0 aliphatic carbocycles. The Bertz CT molecular complexity index is 493. The molecule has 0 fully saturated rings. The topological polar surface area (TPSA) is 52.0 Å². The van der Waals surface area contributed by atoms with E-state index in [2.05, 4.69) is 4.98 Å². The molecule has 0 saturated carbocycles.